The van der Waals surface area contributed by atoms with Crippen LogP contribution in [0.2, 0.25) is 5.02 Å². The van der Waals surface area contributed by atoms with E-state index in [1.807, 2.05) is 0 Å². The van der Waals surface area contributed by atoms with Gasteiger partial charge in [0.05, 0.1) is 29.8 Å². The zero-order valence-corrected chi connectivity index (χ0v) is 17.9. The maximum absolute atomic E-state index is 13.0. The van der Waals surface area contributed by atoms with Crippen molar-refractivity contribution in [2.24, 2.45) is 0 Å². The molecule has 0 saturated carbocycles. The number of alkyl halides is 3. The highest BCUT2D eigenvalue weighted by Gasteiger charge is 2.45. The van der Waals surface area contributed by atoms with E-state index < -0.39 is 48.4 Å². The summed E-state index contributed by atoms with van der Waals surface area (Å²) in [6, 6.07) is 6.57. The summed E-state index contributed by atoms with van der Waals surface area (Å²) in [7, 11) is 0. The molecule has 3 atom stereocenters. The van der Waals surface area contributed by atoms with Gasteiger partial charge < -0.3 is 25.0 Å². The Morgan fingerprint density at radius 2 is 2.09 bits per heavy atom. The summed E-state index contributed by atoms with van der Waals surface area (Å²) in [6.45, 7) is 3.11. The molecule has 174 valence electrons. The predicted molar refractivity (Wildman–Crippen MR) is 109 cm³/mol. The molecule has 3 rings (SSSR count). The van der Waals surface area contributed by atoms with Gasteiger partial charge in [-0.2, -0.15) is 0 Å². The molecule has 7 nitrogen and oxygen atoms in total. The lowest BCUT2D eigenvalue weighted by atomic mass is 9.87. The number of nitrogens with zero attached hydrogens (tertiary/aromatic N) is 1. The predicted octanol–water partition coefficient (Wildman–Crippen LogP) is 3.95. The van der Waals surface area contributed by atoms with Crippen LogP contribution in [0, 0.1) is 0 Å². The Morgan fingerprint density at radius 3 is 2.66 bits per heavy atom. The molecule has 1 aliphatic rings. The molecular formula is C21H22ClF3N2O5. The number of halogens is 4. The van der Waals surface area contributed by atoms with Gasteiger partial charge in [0.25, 0.3) is 5.91 Å². The fourth-order valence-electron chi connectivity index (χ4n) is 3.61. The Kier molecular flexibility index (Phi) is 6.99. The summed E-state index contributed by atoms with van der Waals surface area (Å²) in [4.78, 5) is 17.0. The molecule has 11 heteroatoms. The van der Waals surface area contributed by atoms with E-state index in [4.69, 9.17) is 21.4 Å². The summed E-state index contributed by atoms with van der Waals surface area (Å²) in [5.74, 6) is -1.45. The van der Waals surface area contributed by atoms with Crippen molar-refractivity contribution in [3.8, 4) is 5.75 Å². The van der Waals surface area contributed by atoms with Crippen molar-refractivity contribution in [1.82, 2.24) is 4.98 Å². The molecule has 1 aromatic carbocycles. The number of carbonyl (C=O) groups excluding carboxylic acids is 1. The number of hydrogen-bond acceptors (Lipinski definition) is 6. The molecule has 3 N–H and O–H groups in total. The van der Waals surface area contributed by atoms with Crippen LogP contribution in [0.25, 0.3) is 0 Å². The van der Waals surface area contributed by atoms with E-state index in [1.165, 1.54) is 24.4 Å². The van der Waals surface area contributed by atoms with Crippen molar-refractivity contribution in [2.75, 3.05) is 11.9 Å². The number of aliphatic hydroxyl groups excluding tert-OH is 2. The van der Waals surface area contributed by atoms with Crippen LogP contribution >= 0.6 is 11.6 Å². The largest absolute Gasteiger partial charge is 0.573 e. The third-order valence-corrected chi connectivity index (χ3v) is 5.28. The Balaban J connectivity index is 1.80. The van der Waals surface area contributed by atoms with Gasteiger partial charge in [0, 0.05) is 10.9 Å². The zero-order chi connectivity index (χ0) is 23.7. The quantitative estimate of drug-likeness (QED) is 0.586. The standard InChI is InChI=1S/C21H22ClF3N2O5/c1-20(2)8-14(13-5-4-12(7-15(13)22)31-21(23,24)25)18(32-20)19(30)27-11-3-6-16(26-9-11)17(29)10-28/h3-7,9,14,17-18,28-29H,8,10H2,1-2H3,(H,27,30)/t14-,17+,18+/m1/s1. The highest BCUT2D eigenvalue weighted by atomic mass is 35.5. The summed E-state index contributed by atoms with van der Waals surface area (Å²) >= 11 is 6.23. The van der Waals surface area contributed by atoms with E-state index in [1.54, 1.807) is 13.8 Å². The lowest BCUT2D eigenvalue weighted by Crippen LogP contribution is -2.33. The second-order valence-electron chi connectivity index (χ2n) is 8.00. The topological polar surface area (TPSA) is 101 Å². The van der Waals surface area contributed by atoms with Gasteiger partial charge in [0.1, 0.15) is 18.0 Å². The van der Waals surface area contributed by atoms with Crippen molar-refractivity contribution in [1.29, 1.82) is 0 Å². The number of anilines is 1. The van der Waals surface area contributed by atoms with Crippen LogP contribution in [-0.4, -0.2) is 45.8 Å². The Hall–Kier alpha value is -2.40. The van der Waals surface area contributed by atoms with Crippen molar-refractivity contribution >= 4 is 23.2 Å². The molecular weight excluding hydrogens is 453 g/mol. The van der Waals surface area contributed by atoms with Crippen LogP contribution in [0.4, 0.5) is 18.9 Å². The number of ether oxygens (including phenoxy) is 2. The highest BCUT2D eigenvalue weighted by molar-refractivity contribution is 6.31. The highest BCUT2D eigenvalue weighted by Crippen LogP contribution is 2.44. The Bertz CT molecular complexity index is 969. The number of amides is 1. The first-order chi connectivity index (χ1) is 14.9. The van der Waals surface area contributed by atoms with Crippen LogP contribution < -0.4 is 10.1 Å². The number of nitrogens with one attached hydrogen (secondary N) is 1. The first-order valence-electron chi connectivity index (χ1n) is 9.67. The van der Waals surface area contributed by atoms with E-state index >= 15 is 0 Å². The third kappa shape index (κ3) is 5.89. The molecule has 2 aromatic rings. The van der Waals surface area contributed by atoms with Gasteiger partial charge in [0.15, 0.2) is 0 Å². The fourth-order valence-corrected chi connectivity index (χ4v) is 3.92. The molecule has 1 amide bonds. The smallest absolute Gasteiger partial charge is 0.406 e. The fraction of sp³-hybridized carbons (Fsp3) is 0.429. The molecule has 0 bridgehead atoms. The van der Waals surface area contributed by atoms with Gasteiger partial charge in [-0.25, -0.2) is 0 Å². The van der Waals surface area contributed by atoms with Gasteiger partial charge >= 0.3 is 6.36 Å². The summed E-state index contributed by atoms with van der Waals surface area (Å²) in [5, 5.41) is 21.3. The van der Waals surface area contributed by atoms with E-state index in [0.717, 1.165) is 12.1 Å². The Morgan fingerprint density at radius 1 is 1.38 bits per heavy atom. The van der Waals surface area contributed by atoms with Gasteiger partial charge in [-0.3, -0.25) is 9.78 Å². The molecule has 0 aliphatic carbocycles. The average Bonchev–Trinajstić information content (AvgIpc) is 3.02. The second kappa shape index (κ2) is 9.22. The number of benzene rings is 1. The normalized spacial score (nSPS) is 21.2. The van der Waals surface area contributed by atoms with Crippen molar-refractivity contribution in [3.63, 3.8) is 0 Å². The maximum Gasteiger partial charge on any atom is 0.573 e. The zero-order valence-electron chi connectivity index (χ0n) is 17.2. The van der Waals surface area contributed by atoms with Gasteiger partial charge in [-0.1, -0.05) is 17.7 Å². The first-order valence-corrected chi connectivity index (χ1v) is 10.0. The third-order valence-electron chi connectivity index (χ3n) is 4.95. The molecule has 1 aromatic heterocycles. The monoisotopic (exact) mass is 474 g/mol. The number of aliphatic hydroxyl groups is 2. The average molecular weight is 475 g/mol. The van der Waals surface area contributed by atoms with E-state index in [9.17, 15) is 23.1 Å². The minimum Gasteiger partial charge on any atom is -0.406 e. The van der Waals surface area contributed by atoms with Gasteiger partial charge in [-0.15, -0.1) is 13.2 Å². The van der Waals surface area contributed by atoms with Gasteiger partial charge in [0.2, 0.25) is 0 Å². The van der Waals surface area contributed by atoms with Crippen molar-refractivity contribution in [3.05, 3.63) is 52.8 Å². The second-order valence-corrected chi connectivity index (χ2v) is 8.41. The van der Waals surface area contributed by atoms with Crippen LogP contribution in [0.1, 0.15) is 43.5 Å². The minimum absolute atomic E-state index is 0.0276. The Labute approximate surface area is 187 Å². The molecule has 0 unspecified atom stereocenters. The molecule has 2 heterocycles. The number of aromatic nitrogens is 1. The van der Waals surface area contributed by atoms with Crippen LogP contribution in [0.15, 0.2) is 36.5 Å². The number of rotatable bonds is 6. The SMILES string of the molecule is CC1(C)C[C@H](c2ccc(OC(F)(F)F)cc2Cl)[C@@H](C(=O)Nc2ccc([C@@H](O)CO)nc2)O1. The van der Waals surface area contributed by atoms with Gasteiger partial charge in [-0.05, 0) is 50.1 Å². The summed E-state index contributed by atoms with van der Waals surface area (Å²) in [5.41, 5.74) is 0.377. The minimum atomic E-state index is -4.84. The summed E-state index contributed by atoms with van der Waals surface area (Å²) in [6.07, 6.45) is -5.20. The first kappa shape index (κ1) is 24.2. The number of hydrogen-bond donors (Lipinski definition) is 3. The van der Waals surface area contributed by atoms with Crippen LogP contribution in [-0.2, 0) is 9.53 Å². The van der Waals surface area contributed by atoms with Crippen molar-refractivity contribution in [2.45, 2.75) is 50.4 Å². The van der Waals surface area contributed by atoms with Crippen LogP contribution in [0.3, 0.4) is 0 Å². The van der Waals surface area contributed by atoms with E-state index in [2.05, 4.69) is 15.0 Å². The molecule has 0 spiro atoms. The lowest BCUT2D eigenvalue weighted by Gasteiger charge is -2.20. The molecule has 32 heavy (non-hydrogen) atoms. The van der Waals surface area contributed by atoms with Crippen molar-refractivity contribution < 1.29 is 37.7 Å². The maximum atomic E-state index is 13.0. The van der Waals surface area contributed by atoms with E-state index in [-0.39, 0.29) is 10.7 Å². The molecule has 1 fully saturated rings. The van der Waals surface area contributed by atoms with Crippen LogP contribution in [0.5, 0.6) is 5.75 Å². The van der Waals surface area contributed by atoms with E-state index in [0.29, 0.717) is 17.7 Å². The molecule has 0 radical (unpaired) electrons. The molecule has 1 aliphatic heterocycles. The molecule has 1 saturated heterocycles. The lowest BCUT2D eigenvalue weighted by molar-refractivity contribution is -0.274. The number of pyridine rings is 1. The summed E-state index contributed by atoms with van der Waals surface area (Å²) < 4.78 is 47.2. The number of carbonyl (C=O) groups is 1.